The van der Waals surface area contributed by atoms with Gasteiger partial charge in [0.15, 0.2) is 0 Å². The van der Waals surface area contributed by atoms with Crippen molar-refractivity contribution in [3.05, 3.63) is 24.5 Å². The first kappa shape index (κ1) is 15.3. The molecular formula is C15H27O. The Balaban J connectivity index is 2.98. The molecule has 0 saturated heterocycles. The summed E-state index contributed by atoms with van der Waals surface area (Å²) in [6.45, 7) is 2.26. The van der Waals surface area contributed by atoms with Crippen molar-refractivity contribution in [1.29, 1.82) is 0 Å². The van der Waals surface area contributed by atoms with E-state index < -0.39 is 0 Å². The molecule has 0 N–H and O–H groups in total. The second kappa shape index (κ2) is 14.3. The van der Waals surface area contributed by atoms with Crippen molar-refractivity contribution in [2.24, 2.45) is 0 Å². The summed E-state index contributed by atoms with van der Waals surface area (Å²) >= 11 is 0. The summed E-state index contributed by atoms with van der Waals surface area (Å²) in [5.74, 6) is 0. The van der Waals surface area contributed by atoms with E-state index in [0.717, 1.165) is 12.7 Å². The van der Waals surface area contributed by atoms with Crippen molar-refractivity contribution in [1.82, 2.24) is 0 Å². The third kappa shape index (κ3) is 13.3. The number of rotatable bonds is 11. The van der Waals surface area contributed by atoms with Crippen LogP contribution in [0.2, 0.25) is 0 Å². The summed E-state index contributed by atoms with van der Waals surface area (Å²) < 4.78 is 0. The zero-order valence-corrected chi connectivity index (χ0v) is 10.8. The van der Waals surface area contributed by atoms with E-state index >= 15 is 0 Å². The fourth-order valence-corrected chi connectivity index (χ4v) is 1.79. The topological polar surface area (TPSA) is 19.9 Å². The normalized spacial score (nSPS) is 11.8. The summed E-state index contributed by atoms with van der Waals surface area (Å²) in [5.41, 5.74) is 0. The Hall–Kier alpha value is -0.720. The predicted octanol–water partition coefficient (Wildman–Crippen LogP) is 5.41. The molecular weight excluding hydrogens is 196 g/mol. The van der Waals surface area contributed by atoms with Gasteiger partial charge in [-0.15, -0.1) is 0 Å². The molecule has 1 radical (unpaired) electrons. The molecule has 0 aliphatic carbocycles. The summed E-state index contributed by atoms with van der Waals surface area (Å²) in [6, 6.07) is 0. The highest BCUT2D eigenvalue weighted by molar-refractivity contribution is 4.98. The third-order valence-corrected chi connectivity index (χ3v) is 2.80. The molecule has 1 nitrogen and oxygen atoms in total. The van der Waals surface area contributed by atoms with Crippen LogP contribution in [0.5, 0.6) is 0 Å². The average molecular weight is 223 g/mol. The van der Waals surface area contributed by atoms with Gasteiger partial charge in [-0.1, -0.05) is 70.4 Å². The summed E-state index contributed by atoms with van der Waals surface area (Å²) in [6.07, 6.45) is 19.8. The molecule has 0 aliphatic rings. The van der Waals surface area contributed by atoms with Crippen LogP contribution in [-0.2, 0) is 5.11 Å². The van der Waals surface area contributed by atoms with Gasteiger partial charge in [-0.2, -0.15) is 0 Å². The highest BCUT2D eigenvalue weighted by Gasteiger charge is 1.90. The first-order valence-electron chi connectivity index (χ1n) is 6.85. The average Bonchev–Trinajstić information content (AvgIpc) is 2.31. The van der Waals surface area contributed by atoms with Crippen LogP contribution in [0.1, 0.15) is 71.1 Å². The van der Waals surface area contributed by atoms with E-state index in [-0.39, 0.29) is 0 Å². The molecule has 0 spiro atoms. The predicted molar refractivity (Wildman–Crippen MR) is 70.8 cm³/mol. The fourth-order valence-electron chi connectivity index (χ4n) is 1.79. The van der Waals surface area contributed by atoms with Crippen LogP contribution < -0.4 is 0 Å². The Morgan fingerprint density at radius 2 is 1.31 bits per heavy atom. The van der Waals surface area contributed by atoms with Crippen molar-refractivity contribution in [2.45, 2.75) is 71.1 Å². The molecule has 0 aliphatic heterocycles. The Bertz CT molecular complexity index is 170. The van der Waals surface area contributed by atoms with Crippen molar-refractivity contribution >= 4 is 0 Å². The van der Waals surface area contributed by atoms with Gasteiger partial charge in [0.05, 0.1) is 0 Å². The van der Waals surface area contributed by atoms with E-state index in [1.807, 2.05) is 6.08 Å². The number of hydrogen-bond donors (Lipinski definition) is 0. The van der Waals surface area contributed by atoms with E-state index in [2.05, 4.69) is 13.0 Å². The molecule has 0 aromatic heterocycles. The number of hydrogen-bond acceptors (Lipinski definition) is 0. The molecule has 16 heavy (non-hydrogen) atoms. The van der Waals surface area contributed by atoms with Crippen LogP contribution in [0.15, 0.2) is 24.5 Å². The summed E-state index contributed by atoms with van der Waals surface area (Å²) in [7, 11) is 0. The molecule has 0 amide bonds. The van der Waals surface area contributed by atoms with Crippen LogP contribution in [0.4, 0.5) is 0 Å². The van der Waals surface area contributed by atoms with E-state index in [1.165, 1.54) is 57.8 Å². The van der Waals surface area contributed by atoms with E-state index in [1.54, 1.807) is 6.08 Å². The Kier molecular flexibility index (Phi) is 13.6. The second-order valence-corrected chi connectivity index (χ2v) is 4.37. The van der Waals surface area contributed by atoms with E-state index in [0.29, 0.717) is 0 Å². The lowest BCUT2D eigenvalue weighted by Crippen LogP contribution is -1.80. The first-order chi connectivity index (χ1) is 7.91. The number of unbranched alkanes of at least 4 members (excludes halogenated alkanes) is 9. The molecule has 1 heteroatoms. The minimum atomic E-state index is 0.826. The van der Waals surface area contributed by atoms with E-state index in [4.69, 9.17) is 0 Å². The minimum Gasteiger partial charge on any atom is -0.299 e. The molecule has 0 aromatic carbocycles. The molecule has 0 heterocycles. The lowest BCUT2D eigenvalue weighted by atomic mass is 10.1. The lowest BCUT2D eigenvalue weighted by Gasteiger charge is -2.00. The monoisotopic (exact) mass is 223 g/mol. The standard InChI is InChI=1S/C15H27O/c1-2-3-4-5-6-7-8-9-10-11-12-13-14-15-16/h12-15H,2-11H2,1H3/b13-12+,15-14+. The van der Waals surface area contributed by atoms with Gasteiger partial charge >= 0.3 is 0 Å². The van der Waals surface area contributed by atoms with Crippen molar-refractivity contribution in [3.63, 3.8) is 0 Å². The zero-order chi connectivity index (χ0) is 11.9. The van der Waals surface area contributed by atoms with Gasteiger partial charge in [0.25, 0.3) is 0 Å². The van der Waals surface area contributed by atoms with Crippen LogP contribution in [0, 0.1) is 0 Å². The van der Waals surface area contributed by atoms with Crippen LogP contribution in [0.3, 0.4) is 0 Å². The molecule has 0 bridgehead atoms. The van der Waals surface area contributed by atoms with Crippen LogP contribution in [0.25, 0.3) is 0 Å². The van der Waals surface area contributed by atoms with Gasteiger partial charge < -0.3 is 0 Å². The summed E-state index contributed by atoms with van der Waals surface area (Å²) in [5, 5.41) is 9.98. The summed E-state index contributed by atoms with van der Waals surface area (Å²) in [4.78, 5) is 0. The molecule has 93 valence electrons. The lowest BCUT2D eigenvalue weighted by molar-refractivity contribution is 0.352. The fraction of sp³-hybridized carbons (Fsp3) is 0.733. The van der Waals surface area contributed by atoms with Crippen LogP contribution >= 0.6 is 0 Å². The quantitative estimate of drug-likeness (QED) is 0.254. The van der Waals surface area contributed by atoms with Gasteiger partial charge in [-0.3, -0.25) is 5.11 Å². The smallest absolute Gasteiger partial charge is 0.142 e. The Morgan fingerprint density at radius 3 is 1.88 bits per heavy atom. The largest absolute Gasteiger partial charge is 0.299 e. The Labute approximate surface area is 101 Å². The van der Waals surface area contributed by atoms with Crippen molar-refractivity contribution in [3.8, 4) is 0 Å². The first-order valence-corrected chi connectivity index (χ1v) is 6.85. The SMILES string of the molecule is CCCCCCCCCCC/C=C/C=C/[O]. The highest BCUT2D eigenvalue weighted by Crippen LogP contribution is 2.10. The van der Waals surface area contributed by atoms with Gasteiger partial charge in [0.2, 0.25) is 0 Å². The second-order valence-electron chi connectivity index (χ2n) is 4.37. The van der Waals surface area contributed by atoms with Crippen molar-refractivity contribution in [2.75, 3.05) is 0 Å². The van der Waals surface area contributed by atoms with Crippen LogP contribution in [-0.4, -0.2) is 0 Å². The van der Waals surface area contributed by atoms with Gasteiger partial charge in [-0.05, 0) is 18.9 Å². The van der Waals surface area contributed by atoms with Gasteiger partial charge in [0, 0.05) is 0 Å². The minimum absolute atomic E-state index is 0.826. The zero-order valence-electron chi connectivity index (χ0n) is 10.8. The molecule has 0 atom stereocenters. The maximum Gasteiger partial charge on any atom is 0.142 e. The molecule has 0 unspecified atom stereocenters. The molecule has 0 fully saturated rings. The highest BCUT2D eigenvalue weighted by atomic mass is 16.2. The molecule has 0 rings (SSSR count). The van der Waals surface area contributed by atoms with Gasteiger partial charge in [-0.25, -0.2) is 0 Å². The number of allylic oxidation sites excluding steroid dienone is 3. The Morgan fingerprint density at radius 1 is 0.750 bits per heavy atom. The maximum absolute atomic E-state index is 9.98. The molecule has 0 aromatic rings. The third-order valence-electron chi connectivity index (χ3n) is 2.80. The van der Waals surface area contributed by atoms with E-state index in [9.17, 15) is 5.11 Å². The maximum atomic E-state index is 9.98. The van der Waals surface area contributed by atoms with Gasteiger partial charge in [0.1, 0.15) is 6.26 Å². The molecule has 0 saturated carbocycles. The van der Waals surface area contributed by atoms with Crippen molar-refractivity contribution < 1.29 is 5.11 Å².